The highest BCUT2D eigenvalue weighted by Crippen LogP contribution is 2.15. The van der Waals surface area contributed by atoms with Gasteiger partial charge in [0.1, 0.15) is 6.26 Å². The SMILES string of the molecule is CCOCCn1c(=O)n(Cc2coc(C)n2)c2cc(C(=O)OC)cnc21. The van der Waals surface area contributed by atoms with Gasteiger partial charge in [-0.05, 0) is 13.0 Å². The van der Waals surface area contributed by atoms with Crippen molar-refractivity contribution < 1.29 is 18.7 Å². The molecule has 0 aliphatic rings. The molecule has 0 bridgehead atoms. The van der Waals surface area contributed by atoms with Gasteiger partial charge in [0.05, 0.1) is 43.6 Å². The maximum Gasteiger partial charge on any atom is 0.339 e. The highest BCUT2D eigenvalue weighted by molar-refractivity contribution is 5.92. The van der Waals surface area contributed by atoms with Crippen molar-refractivity contribution in [1.29, 1.82) is 0 Å². The molecule has 0 fully saturated rings. The molecule has 26 heavy (non-hydrogen) atoms. The summed E-state index contributed by atoms with van der Waals surface area (Å²) >= 11 is 0. The Hall–Kier alpha value is -2.94. The Morgan fingerprint density at radius 2 is 2.15 bits per heavy atom. The van der Waals surface area contributed by atoms with Crippen LogP contribution in [0.1, 0.15) is 28.9 Å². The van der Waals surface area contributed by atoms with Crippen molar-refractivity contribution in [2.24, 2.45) is 0 Å². The number of fused-ring (bicyclic) bond motifs is 1. The number of methoxy groups -OCH3 is 1. The standard InChI is InChI=1S/C17H20N4O5/c1-4-25-6-5-20-15-14(7-12(8-18-15)16(22)24-3)21(17(20)23)9-13-10-26-11(2)19-13/h7-8,10H,4-6,9H2,1-3H3. The molecular formula is C17H20N4O5. The smallest absolute Gasteiger partial charge is 0.339 e. The average molecular weight is 360 g/mol. The molecule has 0 spiro atoms. The van der Waals surface area contributed by atoms with Gasteiger partial charge in [-0.15, -0.1) is 0 Å². The molecule has 0 aromatic carbocycles. The van der Waals surface area contributed by atoms with E-state index in [0.717, 1.165) is 0 Å². The molecule has 0 amide bonds. The maximum atomic E-state index is 12.9. The van der Waals surface area contributed by atoms with Gasteiger partial charge >= 0.3 is 11.7 Å². The molecule has 0 unspecified atom stereocenters. The number of hydrogen-bond acceptors (Lipinski definition) is 7. The number of hydrogen-bond donors (Lipinski definition) is 0. The molecule has 3 rings (SSSR count). The maximum absolute atomic E-state index is 12.9. The van der Waals surface area contributed by atoms with Crippen LogP contribution in [-0.4, -0.2) is 45.4 Å². The van der Waals surface area contributed by atoms with Crippen molar-refractivity contribution in [2.45, 2.75) is 26.9 Å². The summed E-state index contributed by atoms with van der Waals surface area (Å²) < 4.78 is 18.3. The number of carbonyl (C=O) groups is 1. The Balaban J connectivity index is 2.10. The number of imidazole rings is 1. The number of oxazole rings is 1. The Kier molecular flexibility index (Phi) is 5.17. The van der Waals surface area contributed by atoms with E-state index in [2.05, 4.69) is 9.97 Å². The first kappa shape index (κ1) is 17.9. The Bertz CT molecular complexity index is 985. The van der Waals surface area contributed by atoms with E-state index in [1.165, 1.54) is 28.7 Å². The molecule has 9 nitrogen and oxygen atoms in total. The van der Waals surface area contributed by atoms with E-state index in [4.69, 9.17) is 13.9 Å². The number of esters is 1. The van der Waals surface area contributed by atoms with Gasteiger partial charge < -0.3 is 13.9 Å². The molecule has 0 N–H and O–H groups in total. The summed E-state index contributed by atoms with van der Waals surface area (Å²) in [5, 5.41) is 0. The molecule has 3 aromatic rings. The molecule has 3 aromatic heterocycles. The van der Waals surface area contributed by atoms with E-state index in [0.29, 0.717) is 42.5 Å². The zero-order valence-electron chi connectivity index (χ0n) is 14.9. The highest BCUT2D eigenvalue weighted by atomic mass is 16.5. The molecule has 0 saturated heterocycles. The predicted molar refractivity (Wildman–Crippen MR) is 92.2 cm³/mol. The van der Waals surface area contributed by atoms with Gasteiger partial charge in [-0.25, -0.2) is 19.6 Å². The molecule has 0 aliphatic carbocycles. The zero-order valence-corrected chi connectivity index (χ0v) is 14.9. The normalized spacial score (nSPS) is 11.2. The van der Waals surface area contributed by atoms with Gasteiger partial charge in [0.2, 0.25) is 0 Å². The van der Waals surface area contributed by atoms with E-state index >= 15 is 0 Å². The molecule has 138 valence electrons. The van der Waals surface area contributed by atoms with Crippen LogP contribution in [-0.2, 0) is 22.6 Å². The molecule has 9 heteroatoms. The topological polar surface area (TPSA) is 101 Å². The highest BCUT2D eigenvalue weighted by Gasteiger charge is 2.18. The Labute approximate surface area is 149 Å². The van der Waals surface area contributed by atoms with E-state index in [1.54, 1.807) is 13.0 Å². The van der Waals surface area contributed by atoms with E-state index in [9.17, 15) is 9.59 Å². The van der Waals surface area contributed by atoms with Crippen LogP contribution in [0.4, 0.5) is 0 Å². The van der Waals surface area contributed by atoms with E-state index in [-0.39, 0.29) is 17.8 Å². The van der Waals surface area contributed by atoms with Crippen molar-refractivity contribution in [2.75, 3.05) is 20.3 Å². The molecular weight excluding hydrogens is 340 g/mol. The summed E-state index contributed by atoms with van der Waals surface area (Å²) in [6.45, 7) is 5.14. The second kappa shape index (κ2) is 7.52. The number of aryl methyl sites for hydroxylation is 1. The quantitative estimate of drug-likeness (QED) is 0.463. The van der Waals surface area contributed by atoms with Gasteiger partial charge in [-0.1, -0.05) is 0 Å². The first-order valence-corrected chi connectivity index (χ1v) is 8.21. The van der Waals surface area contributed by atoms with Gasteiger partial charge in [0.25, 0.3) is 0 Å². The van der Waals surface area contributed by atoms with Crippen molar-refractivity contribution in [3.05, 3.63) is 46.2 Å². The van der Waals surface area contributed by atoms with Crippen molar-refractivity contribution in [1.82, 2.24) is 19.1 Å². The lowest BCUT2D eigenvalue weighted by atomic mass is 10.2. The summed E-state index contributed by atoms with van der Waals surface area (Å²) in [4.78, 5) is 33.3. The summed E-state index contributed by atoms with van der Waals surface area (Å²) in [6.07, 6.45) is 2.90. The lowest BCUT2D eigenvalue weighted by molar-refractivity contribution is 0.0600. The Morgan fingerprint density at radius 1 is 1.35 bits per heavy atom. The third-order valence-corrected chi connectivity index (χ3v) is 3.93. The third kappa shape index (κ3) is 3.38. The number of ether oxygens (including phenoxy) is 2. The lowest BCUT2D eigenvalue weighted by Gasteiger charge is -2.03. The number of pyridine rings is 1. The third-order valence-electron chi connectivity index (χ3n) is 3.93. The minimum absolute atomic E-state index is 0.209. The fraction of sp³-hybridized carbons (Fsp3) is 0.412. The van der Waals surface area contributed by atoms with Crippen molar-refractivity contribution in [3.8, 4) is 0 Å². The van der Waals surface area contributed by atoms with Crippen LogP contribution in [0.5, 0.6) is 0 Å². The predicted octanol–water partition coefficient (Wildman–Crippen LogP) is 1.37. The largest absolute Gasteiger partial charge is 0.465 e. The van der Waals surface area contributed by atoms with Gasteiger partial charge in [-0.2, -0.15) is 0 Å². The van der Waals surface area contributed by atoms with Gasteiger partial charge in [0.15, 0.2) is 11.5 Å². The molecule has 0 radical (unpaired) electrons. The first-order chi connectivity index (χ1) is 12.5. The van der Waals surface area contributed by atoms with Gasteiger partial charge in [0, 0.05) is 19.7 Å². The second-order valence-electron chi connectivity index (χ2n) is 5.63. The van der Waals surface area contributed by atoms with Crippen LogP contribution >= 0.6 is 0 Å². The van der Waals surface area contributed by atoms with Crippen LogP contribution in [0.3, 0.4) is 0 Å². The number of carbonyl (C=O) groups excluding carboxylic acids is 1. The zero-order chi connectivity index (χ0) is 18.7. The van der Waals surface area contributed by atoms with E-state index in [1.807, 2.05) is 6.92 Å². The summed E-state index contributed by atoms with van der Waals surface area (Å²) in [5.74, 6) is -0.000691. The van der Waals surface area contributed by atoms with Crippen LogP contribution < -0.4 is 5.69 Å². The molecule has 3 heterocycles. The first-order valence-electron chi connectivity index (χ1n) is 8.21. The van der Waals surface area contributed by atoms with Crippen LogP contribution in [0.2, 0.25) is 0 Å². The van der Waals surface area contributed by atoms with Crippen LogP contribution in [0.15, 0.2) is 27.7 Å². The number of rotatable bonds is 7. The Morgan fingerprint density at radius 3 is 2.81 bits per heavy atom. The average Bonchev–Trinajstić information content (AvgIpc) is 3.17. The molecule has 0 aliphatic heterocycles. The summed E-state index contributed by atoms with van der Waals surface area (Å²) in [6, 6.07) is 1.60. The van der Waals surface area contributed by atoms with Crippen LogP contribution in [0.25, 0.3) is 11.2 Å². The summed E-state index contributed by atoms with van der Waals surface area (Å²) in [5.41, 5.74) is 1.62. The molecule has 0 atom stereocenters. The minimum Gasteiger partial charge on any atom is -0.465 e. The fourth-order valence-electron chi connectivity index (χ4n) is 2.72. The molecule has 0 saturated carbocycles. The van der Waals surface area contributed by atoms with Crippen molar-refractivity contribution >= 4 is 17.1 Å². The minimum atomic E-state index is -0.516. The lowest BCUT2D eigenvalue weighted by Crippen LogP contribution is -2.26. The van der Waals surface area contributed by atoms with Crippen LogP contribution in [0, 0.1) is 6.92 Å². The summed E-state index contributed by atoms with van der Waals surface area (Å²) in [7, 11) is 1.30. The monoisotopic (exact) mass is 360 g/mol. The van der Waals surface area contributed by atoms with Crippen molar-refractivity contribution in [3.63, 3.8) is 0 Å². The second-order valence-corrected chi connectivity index (χ2v) is 5.63. The number of aromatic nitrogens is 4. The number of nitrogens with zero attached hydrogens (tertiary/aromatic N) is 4. The fourth-order valence-corrected chi connectivity index (χ4v) is 2.72. The van der Waals surface area contributed by atoms with Gasteiger partial charge in [-0.3, -0.25) is 9.13 Å². The van der Waals surface area contributed by atoms with E-state index < -0.39 is 5.97 Å².